The minimum atomic E-state index is 0.293. The molecular formula is C13H15Cl2N3. The number of pyridine rings is 1. The first-order valence-corrected chi connectivity index (χ1v) is 6.94. The summed E-state index contributed by atoms with van der Waals surface area (Å²) in [7, 11) is 0. The maximum Gasteiger partial charge on any atom is 0.179 e. The van der Waals surface area contributed by atoms with Crippen LogP contribution in [0.1, 0.15) is 44.9 Å². The van der Waals surface area contributed by atoms with Gasteiger partial charge >= 0.3 is 0 Å². The Morgan fingerprint density at radius 3 is 2.78 bits per heavy atom. The summed E-state index contributed by atoms with van der Waals surface area (Å²) < 4.78 is 0. The zero-order valence-electron chi connectivity index (χ0n) is 10.4. The molecule has 1 aliphatic rings. The molecule has 0 saturated heterocycles. The van der Waals surface area contributed by atoms with Crippen LogP contribution >= 0.6 is 23.2 Å². The molecule has 3 nitrogen and oxygen atoms in total. The first kappa shape index (κ1) is 12.2. The summed E-state index contributed by atoms with van der Waals surface area (Å²) in [5, 5.41) is 0.776. The molecule has 18 heavy (non-hydrogen) atoms. The van der Waals surface area contributed by atoms with E-state index >= 15 is 0 Å². The molecule has 0 amide bonds. The Labute approximate surface area is 116 Å². The lowest BCUT2D eigenvalue weighted by Crippen LogP contribution is -2.16. The molecule has 2 aromatic heterocycles. The number of halogens is 2. The van der Waals surface area contributed by atoms with Crippen molar-refractivity contribution < 1.29 is 0 Å². The van der Waals surface area contributed by atoms with Crippen molar-refractivity contribution in [3.63, 3.8) is 0 Å². The Morgan fingerprint density at radius 2 is 2.11 bits per heavy atom. The predicted octanol–water partition coefficient (Wildman–Crippen LogP) is 4.56. The van der Waals surface area contributed by atoms with Gasteiger partial charge in [0.25, 0.3) is 0 Å². The van der Waals surface area contributed by atoms with Crippen molar-refractivity contribution in [3.05, 3.63) is 22.1 Å². The van der Waals surface area contributed by atoms with Gasteiger partial charge in [0.2, 0.25) is 0 Å². The third-order valence-electron chi connectivity index (χ3n) is 3.99. The Hall–Kier alpha value is -0.800. The fraction of sp³-hybridized carbons (Fsp3) is 0.538. The molecule has 96 valence electrons. The summed E-state index contributed by atoms with van der Waals surface area (Å²) in [5.41, 5.74) is 1.81. The van der Waals surface area contributed by atoms with Crippen LogP contribution in [0.2, 0.25) is 10.2 Å². The van der Waals surface area contributed by atoms with Crippen molar-refractivity contribution >= 4 is 34.4 Å². The second kappa shape index (κ2) is 4.10. The highest BCUT2D eigenvalue weighted by Gasteiger charge is 2.37. The number of hydrogen-bond donors (Lipinski definition) is 1. The number of rotatable bonds is 1. The third kappa shape index (κ3) is 1.90. The number of fused-ring (bicyclic) bond motifs is 1. The fourth-order valence-electron chi connectivity index (χ4n) is 2.91. The number of aromatic nitrogens is 3. The van der Waals surface area contributed by atoms with Gasteiger partial charge in [-0.3, -0.25) is 0 Å². The minimum absolute atomic E-state index is 0.293. The number of imidazole rings is 1. The van der Waals surface area contributed by atoms with E-state index in [4.69, 9.17) is 23.2 Å². The van der Waals surface area contributed by atoms with Gasteiger partial charge in [-0.1, -0.05) is 43.5 Å². The molecule has 3 rings (SSSR count). The van der Waals surface area contributed by atoms with E-state index in [-0.39, 0.29) is 0 Å². The quantitative estimate of drug-likeness (QED) is 0.780. The summed E-state index contributed by atoms with van der Waals surface area (Å²) in [6.45, 7) is 4.59. The fourth-order valence-corrected chi connectivity index (χ4v) is 3.20. The molecule has 1 saturated carbocycles. The highest BCUT2D eigenvalue weighted by Crippen LogP contribution is 2.48. The lowest BCUT2D eigenvalue weighted by atomic mass is 9.81. The second-order valence-electron chi connectivity index (χ2n) is 5.69. The van der Waals surface area contributed by atoms with Crippen LogP contribution in [0.3, 0.4) is 0 Å². The van der Waals surface area contributed by atoms with Gasteiger partial charge in [0.1, 0.15) is 11.0 Å². The van der Waals surface area contributed by atoms with E-state index in [0.717, 1.165) is 11.3 Å². The van der Waals surface area contributed by atoms with E-state index in [1.165, 1.54) is 19.3 Å². The van der Waals surface area contributed by atoms with Gasteiger partial charge in [0.15, 0.2) is 5.65 Å². The molecular weight excluding hydrogens is 269 g/mol. The summed E-state index contributed by atoms with van der Waals surface area (Å²) in [4.78, 5) is 12.1. The van der Waals surface area contributed by atoms with Crippen molar-refractivity contribution in [2.75, 3.05) is 0 Å². The summed E-state index contributed by atoms with van der Waals surface area (Å²) in [6.07, 6.45) is 3.67. The number of aromatic amines is 1. The summed E-state index contributed by atoms with van der Waals surface area (Å²) >= 11 is 11.9. The van der Waals surface area contributed by atoms with Crippen LogP contribution in [-0.2, 0) is 0 Å². The highest BCUT2D eigenvalue weighted by atomic mass is 35.5. The first-order chi connectivity index (χ1) is 8.47. The molecule has 1 atom stereocenters. The Kier molecular flexibility index (Phi) is 2.79. The number of H-pyrrole nitrogens is 1. The normalized spacial score (nSPS) is 22.8. The van der Waals surface area contributed by atoms with Gasteiger partial charge in [-0.25, -0.2) is 9.97 Å². The predicted molar refractivity (Wildman–Crippen MR) is 74.3 cm³/mol. The van der Waals surface area contributed by atoms with E-state index in [9.17, 15) is 0 Å². The minimum Gasteiger partial charge on any atom is -0.340 e. The van der Waals surface area contributed by atoms with Crippen LogP contribution in [0.5, 0.6) is 0 Å². The van der Waals surface area contributed by atoms with Crippen molar-refractivity contribution in [2.45, 2.75) is 39.0 Å². The molecule has 1 N–H and O–H groups in total. The van der Waals surface area contributed by atoms with Crippen LogP contribution in [-0.4, -0.2) is 15.0 Å². The smallest absolute Gasteiger partial charge is 0.179 e. The molecule has 0 radical (unpaired) electrons. The number of nitrogens with zero attached hydrogens (tertiary/aromatic N) is 2. The molecule has 0 bridgehead atoms. The van der Waals surface area contributed by atoms with Crippen LogP contribution in [0, 0.1) is 5.41 Å². The van der Waals surface area contributed by atoms with Gasteiger partial charge in [0, 0.05) is 5.92 Å². The highest BCUT2D eigenvalue weighted by molar-refractivity contribution is 6.41. The van der Waals surface area contributed by atoms with E-state index in [2.05, 4.69) is 28.8 Å². The maximum atomic E-state index is 5.97. The van der Waals surface area contributed by atoms with Gasteiger partial charge in [-0.15, -0.1) is 0 Å². The molecule has 2 heterocycles. The van der Waals surface area contributed by atoms with E-state index < -0.39 is 0 Å². The largest absolute Gasteiger partial charge is 0.340 e. The van der Waals surface area contributed by atoms with Gasteiger partial charge in [-0.2, -0.15) is 0 Å². The van der Waals surface area contributed by atoms with E-state index in [0.29, 0.717) is 27.2 Å². The third-order valence-corrected chi connectivity index (χ3v) is 4.66. The standard InChI is InChI=1S/C13H15Cl2N3/c1-13(2)5-3-4-7(13)11-16-9-6-8(14)10(15)17-12(9)18-11/h6-7H,3-5H2,1-2H3,(H,16,17,18). The lowest BCUT2D eigenvalue weighted by Gasteiger charge is -2.24. The molecule has 1 fully saturated rings. The van der Waals surface area contributed by atoms with Gasteiger partial charge < -0.3 is 4.98 Å². The summed E-state index contributed by atoms with van der Waals surface area (Å²) in [5.74, 6) is 1.47. The first-order valence-electron chi connectivity index (χ1n) is 6.19. The Morgan fingerprint density at radius 1 is 1.33 bits per heavy atom. The molecule has 0 aliphatic heterocycles. The average Bonchev–Trinajstić information content (AvgIpc) is 2.81. The monoisotopic (exact) mass is 283 g/mol. The average molecular weight is 284 g/mol. The Bertz CT molecular complexity index is 565. The van der Waals surface area contributed by atoms with Crippen molar-refractivity contribution in [3.8, 4) is 0 Å². The van der Waals surface area contributed by atoms with E-state index in [1.807, 2.05) is 0 Å². The molecule has 0 aromatic carbocycles. The van der Waals surface area contributed by atoms with E-state index in [1.54, 1.807) is 6.07 Å². The summed E-state index contributed by atoms with van der Waals surface area (Å²) in [6, 6.07) is 1.80. The zero-order valence-corrected chi connectivity index (χ0v) is 11.9. The van der Waals surface area contributed by atoms with Crippen molar-refractivity contribution in [2.24, 2.45) is 5.41 Å². The van der Waals surface area contributed by atoms with Crippen LogP contribution in [0.4, 0.5) is 0 Å². The Balaban J connectivity index is 2.08. The second-order valence-corrected chi connectivity index (χ2v) is 6.45. The van der Waals surface area contributed by atoms with Gasteiger partial charge in [-0.05, 0) is 24.3 Å². The molecule has 1 aliphatic carbocycles. The SMILES string of the molecule is CC1(C)CCCC1c1nc2nc(Cl)c(Cl)cc2[nH]1. The van der Waals surface area contributed by atoms with Crippen LogP contribution in [0.25, 0.3) is 11.2 Å². The molecule has 0 spiro atoms. The molecule has 1 unspecified atom stereocenters. The van der Waals surface area contributed by atoms with Crippen molar-refractivity contribution in [1.29, 1.82) is 0 Å². The number of hydrogen-bond acceptors (Lipinski definition) is 2. The molecule has 2 aromatic rings. The van der Waals surface area contributed by atoms with Crippen LogP contribution < -0.4 is 0 Å². The maximum absolute atomic E-state index is 5.97. The van der Waals surface area contributed by atoms with Crippen LogP contribution in [0.15, 0.2) is 6.07 Å². The van der Waals surface area contributed by atoms with Crippen molar-refractivity contribution in [1.82, 2.24) is 15.0 Å². The zero-order chi connectivity index (χ0) is 12.9. The topological polar surface area (TPSA) is 41.6 Å². The molecule has 5 heteroatoms. The number of nitrogens with one attached hydrogen (secondary N) is 1. The van der Waals surface area contributed by atoms with Gasteiger partial charge in [0.05, 0.1) is 10.5 Å². The lowest BCUT2D eigenvalue weighted by molar-refractivity contribution is 0.323.